The number of carbonyl (C=O) groups is 1. The van der Waals surface area contributed by atoms with Crippen molar-refractivity contribution in [3.05, 3.63) is 34.8 Å². The highest BCUT2D eigenvalue weighted by Gasteiger charge is 2.40. The van der Waals surface area contributed by atoms with Crippen LogP contribution in [0.15, 0.2) is 33.5 Å². The van der Waals surface area contributed by atoms with E-state index in [4.69, 9.17) is 9.15 Å². The first-order valence-corrected chi connectivity index (χ1v) is 9.83. The van der Waals surface area contributed by atoms with E-state index in [1.807, 2.05) is 36.1 Å². The normalized spacial score (nSPS) is 20.4. The highest BCUT2D eigenvalue weighted by Crippen LogP contribution is 2.30. The minimum atomic E-state index is -0.300. The average molecular weight is 373 g/mol. The molecule has 0 aliphatic carbocycles. The number of ether oxygens (including phenoxy) is 1. The van der Waals surface area contributed by atoms with E-state index in [1.54, 1.807) is 4.57 Å². The summed E-state index contributed by atoms with van der Waals surface area (Å²) in [4.78, 5) is 28.4. The second-order valence-electron chi connectivity index (χ2n) is 7.53. The van der Waals surface area contributed by atoms with Gasteiger partial charge in [-0.3, -0.25) is 14.3 Å². The predicted molar refractivity (Wildman–Crippen MR) is 102 cm³/mol. The first-order valence-electron chi connectivity index (χ1n) is 9.83. The molecule has 0 saturated carbocycles. The maximum absolute atomic E-state index is 12.2. The molecule has 4 rings (SSSR count). The number of hydrogen-bond donors (Lipinski definition) is 0. The quantitative estimate of drug-likeness (QED) is 0.816. The molecule has 1 aromatic carbocycles. The lowest BCUT2D eigenvalue weighted by molar-refractivity contribution is -0.150. The van der Waals surface area contributed by atoms with Gasteiger partial charge in [0.1, 0.15) is 0 Å². The van der Waals surface area contributed by atoms with Gasteiger partial charge in [-0.05, 0) is 25.0 Å². The molecule has 0 radical (unpaired) electrons. The third-order valence-corrected chi connectivity index (χ3v) is 5.87. The SMILES string of the molecule is CCC(=O)N1CCC2(CC1)CN(CCn1c(=O)oc3ccccc31)CCO2. The van der Waals surface area contributed by atoms with E-state index < -0.39 is 0 Å². The number of oxazole rings is 1. The molecule has 2 fully saturated rings. The smallest absolute Gasteiger partial charge is 0.408 e. The average Bonchev–Trinajstić information content (AvgIpc) is 3.01. The molecule has 2 aliphatic rings. The Morgan fingerprint density at radius 2 is 1.93 bits per heavy atom. The lowest BCUT2D eigenvalue weighted by Crippen LogP contribution is -2.57. The molecule has 0 bridgehead atoms. The lowest BCUT2D eigenvalue weighted by atomic mass is 9.89. The van der Waals surface area contributed by atoms with Crippen molar-refractivity contribution in [2.45, 2.75) is 38.3 Å². The van der Waals surface area contributed by atoms with E-state index >= 15 is 0 Å². The summed E-state index contributed by atoms with van der Waals surface area (Å²) in [6, 6.07) is 7.53. The second kappa shape index (κ2) is 7.48. The number of para-hydroxylation sites is 2. The molecular formula is C20H27N3O4. The molecule has 7 heteroatoms. The topological polar surface area (TPSA) is 67.9 Å². The van der Waals surface area contributed by atoms with Crippen molar-refractivity contribution in [3.63, 3.8) is 0 Å². The van der Waals surface area contributed by atoms with Crippen LogP contribution in [0.5, 0.6) is 0 Å². The number of fused-ring (bicyclic) bond motifs is 1. The zero-order chi connectivity index (χ0) is 18.9. The number of hydrogen-bond acceptors (Lipinski definition) is 5. The zero-order valence-electron chi connectivity index (χ0n) is 15.9. The molecule has 0 atom stereocenters. The maximum atomic E-state index is 12.2. The van der Waals surface area contributed by atoms with Crippen LogP contribution in [0.3, 0.4) is 0 Å². The van der Waals surface area contributed by atoms with Gasteiger partial charge in [0.25, 0.3) is 0 Å². The fraction of sp³-hybridized carbons (Fsp3) is 0.600. The van der Waals surface area contributed by atoms with Gasteiger partial charge >= 0.3 is 5.76 Å². The largest absolute Gasteiger partial charge is 0.419 e. The molecule has 1 aromatic heterocycles. The summed E-state index contributed by atoms with van der Waals surface area (Å²) < 4.78 is 13.2. The molecule has 2 saturated heterocycles. The molecular weight excluding hydrogens is 346 g/mol. The fourth-order valence-corrected chi connectivity index (χ4v) is 4.27. The summed E-state index contributed by atoms with van der Waals surface area (Å²) in [5.41, 5.74) is 1.32. The first kappa shape index (κ1) is 18.3. The van der Waals surface area contributed by atoms with E-state index in [-0.39, 0.29) is 17.3 Å². The minimum absolute atomic E-state index is 0.161. The van der Waals surface area contributed by atoms with Gasteiger partial charge in [0.05, 0.1) is 17.7 Å². The lowest BCUT2D eigenvalue weighted by Gasteiger charge is -2.47. The molecule has 1 amide bonds. The number of likely N-dealkylation sites (tertiary alicyclic amines) is 1. The van der Waals surface area contributed by atoms with E-state index in [0.717, 1.165) is 51.1 Å². The van der Waals surface area contributed by atoms with Gasteiger partial charge in [-0.2, -0.15) is 0 Å². The van der Waals surface area contributed by atoms with E-state index in [1.165, 1.54) is 0 Å². The summed E-state index contributed by atoms with van der Waals surface area (Å²) in [5.74, 6) is -0.0747. The maximum Gasteiger partial charge on any atom is 0.419 e. The second-order valence-corrected chi connectivity index (χ2v) is 7.53. The number of amides is 1. The summed E-state index contributed by atoms with van der Waals surface area (Å²) in [5, 5.41) is 0. The summed E-state index contributed by atoms with van der Waals surface area (Å²) in [7, 11) is 0. The fourth-order valence-electron chi connectivity index (χ4n) is 4.27. The summed E-state index contributed by atoms with van der Waals surface area (Å²) >= 11 is 0. The number of nitrogens with zero attached hydrogens (tertiary/aromatic N) is 3. The Kier molecular flexibility index (Phi) is 5.06. The Morgan fingerprint density at radius 1 is 1.15 bits per heavy atom. The molecule has 146 valence electrons. The highest BCUT2D eigenvalue weighted by atomic mass is 16.5. The molecule has 27 heavy (non-hydrogen) atoms. The molecule has 0 N–H and O–H groups in total. The number of carbonyl (C=O) groups excluding carboxylic acids is 1. The van der Waals surface area contributed by atoms with E-state index in [2.05, 4.69) is 4.90 Å². The Hall–Kier alpha value is -2.12. The van der Waals surface area contributed by atoms with Crippen molar-refractivity contribution in [2.24, 2.45) is 0 Å². The molecule has 2 aromatic rings. The van der Waals surface area contributed by atoms with Gasteiger partial charge in [0.15, 0.2) is 5.58 Å². The Morgan fingerprint density at radius 3 is 2.70 bits per heavy atom. The standard InChI is InChI=1S/C20H27N3O4/c1-2-18(24)22-9-7-20(8-10-22)15-21(13-14-26-20)11-12-23-16-5-3-4-6-17(16)27-19(23)25/h3-6H,2,7-15H2,1H3. The number of piperidine rings is 1. The Bertz CT molecular complexity index is 863. The van der Waals surface area contributed by atoms with Gasteiger partial charge in [0, 0.05) is 45.7 Å². The van der Waals surface area contributed by atoms with Crippen LogP contribution < -0.4 is 5.76 Å². The van der Waals surface area contributed by atoms with Gasteiger partial charge in [-0.25, -0.2) is 4.79 Å². The van der Waals surface area contributed by atoms with E-state index in [0.29, 0.717) is 25.2 Å². The van der Waals surface area contributed by atoms with Crippen LogP contribution >= 0.6 is 0 Å². The molecule has 3 heterocycles. The van der Waals surface area contributed by atoms with Crippen molar-refractivity contribution in [1.29, 1.82) is 0 Å². The van der Waals surface area contributed by atoms with Crippen molar-refractivity contribution >= 4 is 17.0 Å². The summed E-state index contributed by atoms with van der Waals surface area (Å²) in [6.07, 6.45) is 2.32. The van der Waals surface area contributed by atoms with Crippen LogP contribution in [0.2, 0.25) is 0 Å². The minimum Gasteiger partial charge on any atom is -0.408 e. The third kappa shape index (κ3) is 3.66. The zero-order valence-corrected chi connectivity index (χ0v) is 15.9. The van der Waals surface area contributed by atoms with Crippen LogP contribution in [0.4, 0.5) is 0 Å². The predicted octanol–water partition coefficient (Wildman–Crippen LogP) is 1.70. The van der Waals surface area contributed by atoms with Crippen molar-refractivity contribution < 1.29 is 13.9 Å². The van der Waals surface area contributed by atoms with Crippen LogP contribution in [-0.4, -0.2) is 65.2 Å². The number of benzene rings is 1. The van der Waals surface area contributed by atoms with Crippen molar-refractivity contribution in [2.75, 3.05) is 39.3 Å². The van der Waals surface area contributed by atoms with Crippen LogP contribution in [0.1, 0.15) is 26.2 Å². The van der Waals surface area contributed by atoms with Gasteiger partial charge in [0.2, 0.25) is 5.91 Å². The molecule has 2 aliphatic heterocycles. The monoisotopic (exact) mass is 373 g/mol. The molecule has 0 unspecified atom stereocenters. The number of rotatable bonds is 4. The number of morpholine rings is 1. The van der Waals surface area contributed by atoms with Crippen molar-refractivity contribution in [3.8, 4) is 0 Å². The van der Waals surface area contributed by atoms with Gasteiger partial charge in [-0.1, -0.05) is 19.1 Å². The number of aromatic nitrogens is 1. The van der Waals surface area contributed by atoms with Gasteiger partial charge < -0.3 is 14.1 Å². The first-order chi connectivity index (χ1) is 13.1. The third-order valence-electron chi connectivity index (χ3n) is 5.87. The Labute approximate surface area is 158 Å². The van der Waals surface area contributed by atoms with Gasteiger partial charge in [-0.15, -0.1) is 0 Å². The Balaban J connectivity index is 1.38. The highest BCUT2D eigenvalue weighted by molar-refractivity contribution is 5.76. The summed E-state index contributed by atoms with van der Waals surface area (Å²) in [6.45, 7) is 7.25. The van der Waals surface area contributed by atoms with Crippen LogP contribution in [0.25, 0.3) is 11.1 Å². The van der Waals surface area contributed by atoms with Crippen LogP contribution in [-0.2, 0) is 16.1 Å². The van der Waals surface area contributed by atoms with Crippen molar-refractivity contribution in [1.82, 2.24) is 14.4 Å². The van der Waals surface area contributed by atoms with Crippen LogP contribution in [0, 0.1) is 0 Å². The van der Waals surface area contributed by atoms with E-state index in [9.17, 15) is 9.59 Å². The molecule has 1 spiro atoms. The molecule has 7 nitrogen and oxygen atoms in total.